The fourth-order valence-corrected chi connectivity index (χ4v) is 4.48. The van der Waals surface area contributed by atoms with Crippen LogP contribution in [0.3, 0.4) is 0 Å². The van der Waals surface area contributed by atoms with Crippen molar-refractivity contribution in [1.29, 1.82) is 0 Å². The van der Waals surface area contributed by atoms with E-state index in [1.54, 1.807) is 0 Å². The van der Waals surface area contributed by atoms with E-state index in [1.165, 1.54) is 44.2 Å². The van der Waals surface area contributed by atoms with Crippen LogP contribution >= 0.6 is 0 Å². The lowest BCUT2D eigenvalue weighted by Gasteiger charge is -2.33. The van der Waals surface area contributed by atoms with Gasteiger partial charge in [-0.3, -0.25) is 0 Å². The quantitative estimate of drug-likeness (QED) is 0.324. The van der Waals surface area contributed by atoms with Crippen LogP contribution in [0.5, 0.6) is 0 Å². The van der Waals surface area contributed by atoms with E-state index < -0.39 is 0 Å². The highest BCUT2D eigenvalue weighted by Gasteiger charge is 2.29. The van der Waals surface area contributed by atoms with Gasteiger partial charge in [0.2, 0.25) is 0 Å². The Hall–Kier alpha value is -2.54. The molecule has 4 rings (SSSR count). The van der Waals surface area contributed by atoms with Gasteiger partial charge in [-0.1, -0.05) is 84.0 Å². The molecule has 0 bridgehead atoms. The lowest BCUT2D eigenvalue weighted by molar-refractivity contribution is 0.528. The molecule has 0 aliphatic rings. The number of fused-ring (bicyclic) bond motifs is 3. The molecule has 1 aromatic heterocycles. The molecule has 1 heterocycles. The number of benzene rings is 3. The van der Waals surface area contributed by atoms with Gasteiger partial charge in [0.05, 0.1) is 16.7 Å². The molecule has 0 atom stereocenters. The summed E-state index contributed by atoms with van der Waals surface area (Å²) in [6.45, 7) is 16.1. The van der Waals surface area contributed by atoms with E-state index in [2.05, 4.69) is 114 Å². The Labute approximate surface area is 169 Å². The Balaban J connectivity index is 2.22. The molecular formula is C27H31N. The van der Waals surface area contributed by atoms with Crippen LogP contribution in [0.25, 0.3) is 27.5 Å². The van der Waals surface area contributed by atoms with Crippen molar-refractivity contribution in [3.63, 3.8) is 0 Å². The summed E-state index contributed by atoms with van der Waals surface area (Å²) in [4.78, 5) is 0. The van der Waals surface area contributed by atoms with E-state index in [0.29, 0.717) is 0 Å². The maximum atomic E-state index is 2.48. The van der Waals surface area contributed by atoms with Crippen LogP contribution in [0.4, 0.5) is 0 Å². The van der Waals surface area contributed by atoms with E-state index in [1.807, 2.05) is 0 Å². The molecule has 3 aromatic carbocycles. The second-order valence-corrected chi connectivity index (χ2v) is 10.1. The summed E-state index contributed by atoms with van der Waals surface area (Å²) < 4.78 is 2.48. The van der Waals surface area contributed by atoms with Crippen LogP contribution in [0.15, 0.2) is 60.7 Å². The van der Waals surface area contributed by atoms with E-state index >= 15 is 0 Å². The maximum absolute atomic E-state index is 2.48. The van der Waals surface area contributed by atoms with Crippen molar-refractivity contribution in [3.8, 4) is 5.69 Å². The van der Waals surface area contributed by atoms with E-state index in [-0.39, 0.29) is 10.8 Å². The smallest absolute Gasteiger partial charge is 0.0543 e. The zero-order chi connectivity index (χ0) is 20.3. The minimum absolute atomic E-state index is 0.0424. The highest BCUT2D eigenvalue weighted by Crippen LogP contribution is 2.41. The topological polar surface area (TPSA) is 4.93 Å². The zero-order valence-corrected chi connectivity index (χ0v) is 18.2. The molecule has 0 saturated carbocycles. The van der Waals surface area contributed by atoms with Crippen molar-refractivity contribution >= 4 is 21.8 Å². The second-order valence-electron chi connectivity index (χ2n) is 10.1. The van der Waals surface area contributed by atoms with Crippen LogP contribution in [0.1, 0.15) is 58.2 Å². The molecule has 0 saturated heterocycles. The first-order chi connectivity index (χ1) is 13.1. The molecule has 28 heavy (non-hydrogen) atoms. The molecule has 0 fully saturated rings. The molecule has 0 aliphatic heterocycles. The number of hydrogen-bond donors (Lipinski definition) is 0. The fraction of sp³-hybridized carbons (Fsp3) is 0.333. The lowest BCUT2D eigenvalue weighted by atomic mass is 9.74. The molecule has 4 aromatic rings. The van der Waals surface area contributed by atoms with Gasteiger partial charge in [-0.2, -0.15) is 0 Å². The molecule has 0 amide bonds. The van der Waals surface area contributed by atoms with Gasteiger partial charge in [0.25, 0.3) is 0 Å². The van der Waals surface area contributed by atoms with E-state index in [9.17, 15) is 0 Å². The second kappa shape index (κ2) is 6.24. The molecule has 1 nitrogen and oxygen atoms in total. The largest absolute Gasteiger partial charge is 0.309 e. The SMILES string of the molecule is Cc1ccc2c3ccccc3n(-c3cccc(C(C)(C)C)c3C(C)(C)C)c2c1. The fourth-order valence-electron chi connectivity index (χ4n) is 4.48. The van der Waals surface area contributed by atoms with Crippen LogP contribution < -0.4 is 0 Å². The average molecular weight is 370 g/mol. The maximum Gasteiger partial charge on any atom is 0.0543 e. The summed E-state index contributed by atoms with van der Waals surface area (Å²) in [6, 6.07) is 22.4. The first kappa shape index (κ1) is 18.8. The van der Waals surface area contributed by atoms with Gasteiger partial charge in [-0.25, -0.2) is 0 Å². The Kier molecular flexibility index (Phi) is 4.19. The summed E-state index contributed by atoms with van der Waals surface area (Å²) in [5.41, 5.74) is 8.16. The monoisotopic (exact) mass is 369 g/mol. The minimum Gasteiger partial charge on any atom is -0.309 e. The van der Waals surface area contributed by atoms with Crippen molar-refractivity contribution in [2.24, 2.45) is 0 Å². The highest BCUT2D eigenvalue weighted by molar-refractivity contribution is 6.09. The first-order valence-electron chi connectivity index (χ1n) is 10.2. The number of nitrogens with zero attached hydrogens (tertiary/aromatic N) is 1. The standard InChI is InChI=1S/C27H31N/c1-18-15-16-20-19-11-8-9-13-22(19)28(24(20)17-18)23-14-10-12-21(26(2,3)4)25(23)27(5,6)7/h8-17H,1-7H3. The summed E-state index contributed by atoms with van der Waals surface area (Å²) in [6.07, 6.45) is 0. The van der Waals surface area contributed by atoms with Gasteiger partial charge in [0.1, 0.15) is 0 Å². The zero-order valence-electron chi connectivity index (χ0n) is 18.2. The van der Waals surface area contributed by atoms with Crippen LogP contribution in [0, 0.1) is 6.92 Å². The van der Waals surface area contributed by atoms with Gasteiger partial charge < -0.3 is 4.57 Å². The normalized spacial score (nSPS) is 12.8. The van der Waals surface area contributed by atoms with Crippen LogP contribution in [-0.4, -0.2) is 4.57 Å². The Bertz CT molecular complexity index is 1180. The van der Waals surface area contributed by atoms with Crippen molar-refractivity contribution in [3.05, 3.63) is 77.4 Å². The number of aromatic nitrogens is 1. The molecule has 0 N–H and O–H groups in total. The molecular weight excluding hydrogens is 338 g/mol. The molecule has 0 spiro atoms. The van der Waals surface area contributed by atoms with Gasteiger partial charge >= 0.3 is 0 Å². The molecule has 0 aliphatic carbocycles. The van der Waals surface area contributed by atoms with Crippen LogP contribution in [-0.2, 0) is 10.8 Å². The molecule has 0 unspecified atom stereocenters. The summed E-state index contributed by atoms with van der Waals surface area (Å²) in [5, 5.41) is 2.64. The number of rotatable bonds is 1. The number of aryl methyl sites for hydroxylation is 1. The third-order valence-corrected chi connectivity index (χ3v) is 5.67. The number of para-hydroxylation sites is 1. The summed E-state index contributed by atoms with van der Waals surface area (Å²) >= 11 is 0. The summed E-state index contributed by atoms with van der Waals surface area (Å²) in [5.74, 6) is 0. The predicted molar refractivity (Wildman–Crippen MR) is 123 cm³/mol. The lowest BCUT2D eigenvalue weighted by Crippen LogP contribution is -2.24. The minimum atomic E-state index is 0.0424. The van der Waals surface area contributed by atoms with Gasteiger partial charge in [-0.15, -0.1) is 0 Å². The van der Waals surface area contributed by atoms with E-state index in [0.717, 1.165) is 0 Å². The van der Waals surface area contributed by atoms with Crippen molar-refractivity contribution in [2.75, 3.05) is 0 Å². The van der Waals surface area contributed by atoms with Crippen molar-refractivity contribution in [1.82, 2.24) is 4.57 Å². The Morgan fingerprint density at radius 1 is 0.643 bits per heavy atom. The molecule has 144 valence electrons. The molecule has 0 radical (unpaired) electrons. The highest BCUT2D eigenvalue weighted by atomic mass is 15.0. The average Bonchev–Trinajstić information content (AvgIpc) is 2.93. The van der Waals surface area contributed by atoms with Crippen LogP contribution in [0.2, 0.25) is 0 Å². The number of hydrogen-bond acceptors (Lipinski definition) is 0. The van der Waals surface area contributed by atoms with Gasteiger partial charge in [0.15, 0.2) is 0 Å². The predicted octanol–water partition coefficient (Wildman–Crippen LogP) is 7.69. The van der Waals surface area contributed by atoms with Crippen molar-refractivity contribution < 1.29 is 0 Å². The van der Waals surface area contributed by atoms with Gasteiger partial charge in [-0.05, 0) is 52.6 Å². The third kappa shape index (κ3) is 2.94. The van der Waals surface area contributed by atoms with Crippen molar-refractivity contribution in [2.45, 2.75) is 59.3 Å². The van der Waals surface area contributed by atoms with Gasteiger partial charge in [0, 0.05) is 10.8 Å². The summed E-state index contributed by atoms with van der Waals surface area (Å²) in [7, 11) is 0. The third-order valence-electron chi connectivity index (χ3n) is 5.67. The molecule has 1 heteroatoms. The first-order valence-corrected chi connectivity index (χ1v) is 10.2. The Morgan fingerprint density at radius 2 is 1.32 bits per heavy atom. The van der Waals surface area contributed by atoms with E-state index in [4.69, 9.17) is 0 Å². The Morgan fingerprint density at radius 3 is 2.00 bits per heavy atom.